The van der Waals surface area contributed by atoms with Crippen molar-refractivity contribution in [2.45, 2.75) is 18.7 Å². The molecule has 0 atom stereocenters. The lowest BCUT2D eigenvalue weighted by atomic mass is 10.0. The van der Waals surface area contributed by atoms with Gasteiger partial charge < -0.3 is 4.74 Å². The zero-order chi connectivity index (χ0) is 23.0. The molecular weight excluding hydrogens is 450 g/mol. The van der Waals surface area contributed by atoms with Gasteiger partial charge in [0.1, 0.15) is 10.6 Å². The van der Waals surface area contributed by atoms with Gasteiger partial charge in [-0.3, -0.25) is 14.8 Å². The van der Waals surface area contributed by atoms with Crippen LogP contribution in [-0.2, 0) is 10.0 Å². The predicted octanol–water partition coefficient (Wildman–Crippen LogP) is 5.30. The SMILES string of the molecule is COc1cccc(-c2c(C)sc3nc(C)cc(NS(=O)(=O)c4cccc([N+](=O)[O-])c4)c23)c1. The van der Waals surface area contributed by atoms with E-state index in [1.54, 1.807) is 20.1 Å². The molecule has 2 aromatic carbocycles. The molecule has 8 nitrogen and oxygen atoms in total. The summed E-state index contributed by atoms with van der Waals surface area (Å²) in [5.41, 5.74) is 2.43. The van der Waals surface area contributed by atoms with Crippen LogP contribution in [0.15, 0.2) is 59.5 Å². The summed E-state index contributed by atoms with van der Waals surface area (Å²) in [7, 11) is -2.50. The number of benzene rings is 2. The molecular formula is C22H19N3O5S2. The molecule has 4 rings (SSSR count). The summed E-state index contributed by atoms with van der Waals surface area (Å²) in [5.74, 6) is 0.681. The summed E-state index contributed by atoms with van der Waals surface area (Å²) in [4.78, 5) is 16.5. The first kappa shape index (κ1) is 21.7. The third-order valence-electron chi connectivity index (χ3n) is 4.91. The average molecular weight is 470 g/mol. The quantitative estimate of drug-likeness (QED) is 0.303. The molecule has 0 radical (unpaired) electrons. The second-order valence-corrected chi connectivity index (χ2v) is 10.0. The van der Waals surface area contributed by atoms with Crippen molar-refractivity contribution in [3.63, 3.8) is 0 Å². The number of nitrogens with zero attached hydrogens (tertiary/aromatic N) is 2. The van der Waals surface area contributed by atoms with Crippen molar-refractivity contribution in [2.24, 2.45) is 0 Å². The van der Waals surface area contributed by atoms with E-state index >= 15 is 0 Å². The van der Waals surface area contributed by atoms with E-state index in [-0.39, 0.29) is 10.6 Å². The first-order chi connectivity index (χ1) is 15.2. The van der Waals surface area contributed by atoms with Crippen molar-refractivity contribution in [3.8, 4) is 16.9 Å². The molecule has 32 heavy (non-hydrogen) atoms. The van der Waals surface area contributed by atoms with Crippen LogP contribution in [0.25, 0.3) is 21.3 Å². The zero-order valence-corrected chi connectivity index (χ0v) is 19.1. The number of non-ortho nitro benzene ring substituents is 1. The number of rotatable bonds is 6. The van der Waals surface area contributed by atoms with Gasteiger partial charge in [0.05, 0.1) is 22.6 Å². The second kappa shape index (κ2) is 8.21. The number of aryl methyl sites for hydroxylation is 2. The number of nitrogens with one attached hydrogen (secondary N) is 1. The third-order valence-corrected chi connectivity index (χ3v) is 7.27. The van der Waals surface area contributed by atoms with Crippen LogP contribution in [0, 0.1) is 24.0 Å². The van der Waals surface area contributed by atoms with Crippen molar-refractivity contribution in [1.29, 1.82) is 0 Å². The maximum atomic E-state index is 13.1. The number of nitro groups is 1. The van der Waals surface area contributed by atoms with Crippen LogP contribution in [0.5, 0.6) is 5.75 Å². The van der Waals surface area contributed by atoms with Gasteiger partial charge in [-0.15, -0.1) is 11.3 Å². The Morgan fingerprint density at radius 2 is 1.84 bits per heavy atom. The summed E-state index contributed by atoms with van der Waals surface area (Å²) in [5, 5.41) is 11.8. The fraction of sp³-hybridized carbons (Fsp3) is 0.136. The van der Waals surface area contributed by atoms with Crippen molar-refractivity contribution >= 4 is 43.0 Å². The third kappa shape index (κ3) is 4.02. The Hall–Kier alpha value is -3.50. The minimum Gasteiger partial charge on any atom is -0.497 e. The average Bonchev–Trinajstić information content (AvgIpc) is 3.09. The molecule has 0 saturated carbocycles. The van der Waals surface area contributed by atoms with Gasteiger partial charge in [0.15, 0.2) is 0 Å². The maximum Gasteiger partial charge on any atom is 0.270 e. The fourth-order valence-corrected chi connectivity index (χ4v) is 5.72. The number of anilines is 1. The molecule has 0 amide bonds. The summed E-state index contributed by atoms with van der Waals surface area (Å²) >= 11 is 1.47. The standard InChI is InChI=1S/C22H19N3O5S2/c1-13-10-19(24-32(28,29)18-9-5-7-16(12-18)25(26)27)21-20(14(2)31-22(21)23-13)15-6-4-8-17(11-15)30-3/h4-12H,1-3H3,(H,23,24). The Morgan fingerprint density at radius 3 is 2.56 bits per heavy atom. The van der Waals surface area contributed by atoms with Crippen molar-refractivity contribution in [1.82, 2.24) is 4.98 Å². The zero-order valence-electron chi connectivity index (χ0n) is 17.4. The number of methoxy groups -OCH3 is 1. The monoisotopic (exact) mass is 469 g/mol. The summed E-state index contributed by atoms with van der Waals surface area (Å²) < 4.78 is 34.2. The van der Waals surface area contributed by atoms with Crippen LogP contribution in [-0.4, -0.2) is 25.4 Å². The minimum absolute atomic E-state index is 0.191. The Labute approximate surface area is 188 Å². The fourth-order valence-electron chi connectivity index (χ4n) is 3.51. The van der Waals surface area contributed by atoms with E-state index in [1.165, 1.54) is 29.5 Å². The molecule has 0 fully saturated rings. The van der Waals surface area contributed by atoms with Gasteiger partial charge in [-0.1, -0.05) is 18.2 Å². The van der Waals surface area contributed by atoms with Crippen molar-refractivity contribution < 1.29 is 18.1 Å². The molecule has 0 aliphatic rings. The van der Waals surface area contributed by atoms with Gasteiger partial charge in [0.2, 0.25) is 0 Å². The molecule has 2 aromatic heterocycles. The van der Waals surface area contributed by atoms with Gasteiger partial charge in [-0.05, 0) is 43.7 Å². The first-order valence-electron chi connectivity index (χ1n) is 9.52. The van der Waals surface area contributed by atoms with E-state index in [4.69, 9.17) is 4.74 Å². The van der Waals surface area contributed by atoms with Crippen molar-refractivity contribution in [2.75, 3.05) is 11.8 Å². The summed E-state index contributed by atoms with van der Waals surface area (Å²) in [6.45, 7) is 3.74. The first-order valence-corrected chi connectivity index (χ1v) is 11.8. The van der Waals surface area contributed by atoms with E-state index in [0.717, 1.165) is 22.1 Å². The summed E-state index contributed by atoms with van der Waals surface area (Å²) in [6, 6.07) is 14.1. The van der Waals surface area contributed by atoms with Crippen LogP contribution in [0.4, 0.5) is 11.4 Å². The van der Waals surface area contributed by atoms with E-state index in [9.17, 15) is 18.5 Å². The largest absolute Gasteiger partial charge is 0.497 e. The van der Waals surface area contributed by atoms with Gasteiger partial charge in [0, 0.05) is 33.7 Å². The van der Waals surface area contributed by atoms with Gasteiger partial charge in [0.25, 0.3) is 15.7 Å². The topological polar surface area (TPSA) is 111 Å². The highest BCUT2D eigenvalue weighted by molar-refractivity contribution is 7.92. The normalized spacial score (nSPS) is 11.5. The van der Waals surface area contributed by atoms with Crippen LogP contribution in [0.2, 0.25) is 0 Å². The van der Waals surface area contributed by atoms with E-state index < -0.39 is 14.9 Å². The number of sulfonamides is 1. The molecule has 0 unspecified atom stereocenters. The highest BCUT2D eigenvalue weighted by atomic mass is 32.2. The van der Waals surface area contributed by atoms with Gasteiger partial charge in [-0.2, -0.15) is 0 Å². The molecule has 0 bridgehead atoms. The lowest BCUT2D eigenvalue weighted by Gasteiger charge is -2.12. The molecule has 4 aromatic rings. The van der Waals surface area contributed by atoms with Gasteiger partial charge >= 0.3 is 0 Å². The number of thiophene rings is 1. The predicted molar refractivity (Wildman–Crippen MR) is 125 cm³/mol. The van der Waals surface area contributed by atoms with Gasteiger partial charge in [-0.25, -0.2) is 13.4 Å². The number of hydrogen-bond donors (Lipinski definition) is 1. The Morgan fingerprint density at radius 1 is 1.09 bits per heavy atom. The summed E-state index contributed by atoms with van der Waals surface area (Å²) in [6.07, 6.45) is 0. The van der Waals surface area contributed by atoms with Crippen LogP contribution in [0.1, 0.15) is 10.6 Å². The minimum atomic E-state index is -4.08. The smallest absolute Gasteiger partial charge is 0.270 e. The molecule has 0 saturated heterocycles. The Balaban J connectivity index is 1.89. The Kier molecular flexibility index (Phi) is 5.57. The molecule has 1 N–H and O–H groups in total. The van der Waals surface area contributed by atoms with Crippen LogP contribution in [0.3, 0.4) is 0 Å². The maximum absolute atomic E-state index is 13.1. The number of aromatic nitrogens is 1. The Bertz CT molecular complexity index is 1460. The molecule has 164 valence electrons. The molecule has 2 heterocycles. The van der Waals surface area contributed by atoms with E-state index in [2.05, 4.69) is 9.71 Å². The number of hydrogen-bond acceptors (Lipinski definition) is 7. The number of nitro benzene ring substituents is 1. The van der Waals surface area contributed by atoms with Crippen molar-refractivity contribution in [3.05, 3.63) is 75.3 Å². The molecule has 0 aliphatic carbocycles. The molecule has 0 spiro atoms. The molecule has 0 aliphatic heterocycles. The highest BCUT2D eigenvalue weighted by Crippen LogP contribution is 2.43. The number of fused-ring (bicyclic) bond motifs is 1. The number of pyridine rings is 1. The van der Waals surface area contributed by atoms with E-state index in [0.29, 0.717) is 27.3 Å². The second-order valence-electron chi connectivity index (χ2n) is 7.12. The van der Waals surface area contributed by atoms with Crippen LogP contribution < -0.4 is 9.46 Å². The lowest BCUT2D eigenvalue weighted by Crippen LogP contribution is -2.13. The number of ether oxygens (including phenoxy) is 1. The van der Waals surface area contributed by atoms with Crippen LogP contribution >= 0.6 is 11.3 Å². The van der Waals surface area contributed by atoms with E-state index in [1.807, 2.05) is 31.2 Å². The highest BCUT2D eigenvalue weighted by Gasteiger charge is 2.22. The lowest BCUT2D eigenvalue weighted by molar-refractivity contribution is -0.385. The molecule has 10 heteroatoms.